The first-order chi connectivity index (χ1) is 13.5. The standard InChI is InChI=1S/C22H32ClNO5/c1-6-27-19(25)15-28-22(5,16-9-7-11-18(23)13-16)17-10-8-12-24(14-17)20(26)29-21(2,3)4/h7,9,11,13,17H,6,8,10,12,14-15H2,1-5H3/t17?,22-/m0/s1. The van der Waals surface area contributed by atoms with Gasteiger partial charge in [-0.2, -0.15) is 0 Å². The quantitative estimate of drug-likeness (QED) is 0.613. The molecule has 0 spiro atoms. The largest absolute Gasteiger partial charge is 0.464 e. The summed E-state index contributed by atoms with van der Waals surface area (Å²) in [6, 6.07) is 7.44. The Bertz CT molecular complexity index is 717. The molecule has 1 amide bonds. The highest BCUT2D eigenvalue weighted by molar-refractivity contribution is 6.30. The van der Waals surface area contributed by atoms with Crippen LogP contribution in [0.3, 0.4) is 0 Å². The van der Waals surface area contributed by atoms with Gasteiger partial charge >= 0.3 is 12.1 Å². The lowest BCUT2D eigenvalue weighted by Gasteiger charge is -2.43. The molecule has 1 unspecified atom stereocenters. The van der Waals surface area contributed by atoms with Gasteiger partial charge in [0.25, 0.3) is 0 Å². The zero-order valence-electron chi connectivity index (χ0n) is 18.0. The van der Waals surface area contributed by atoms with Gasteiger partial charge in [0.2, 0.25) is 0 Å². The van der Waals surface area contributed by atoms with Crippen LogP contribution in [0.4, 0.5) is 4.79 Å². The minimum Gasteiger partial charge on any atom is -0.464 e. The van der Waals surface area contributed by atoms with Crippen molar-refractivity contribution < 1.29 is 23.8 Å². The minimum atomic E-state index is -0.807. The maximum absolute atomic E-state index is 12.6. The van der Waals surface area contributed by atoms with Gasteiger partial charge in [-0.25, -0.2) is 9.59 Å². The van der Waals surface area contributed by atoms with Crippen LogP contribution in [0, 0.1) is 5.92 Å². The molecule has 2 atom stereocenters. The third-order valence-corrected chi connectivity index (χ3v) is 5.28. The Morgan fingerprint density at radius 1 is 1.24 bits per heavy atom. The molecule has 162 valence electrons. The molecule has 1 heterocycles. The molecule has 0 N–H and O–H groups in total. The summed E-state index contributed by atoms with van der Waals surface area (Å²) in [5.41, 5.74) is -0.496. The predicted octanol–water partition coefficient (Wildman–Crippen LogP) is 4.78. The SMILES string of the molecule is CCOC(=O)CO[C@@](C)(c1cccc(Cl)c1)C1CCCN(C(=O)OC(C)(C)C)C1. The van der Waals surface area contributed by atoms with Gasteiger partial charge in [-0.05, 0) is 65.2 Å². The van der Waals surface area contributed by atoms with E-state index >= 15 is 0 Å². The Labute approximate surface area is 178 Å². The maximum Gasteiger partial charge on any atom is 0.410 e. The Morgan fingerprint density at radius 2 is 1.97 bits per heavy atom. The third-order valence-electron chi connectivity index (χ3n) is 5.05. The van der Waals surface area contributed by atoms with Gasteiger partial charge in [0.15, 0.2) is 0 Å². The first-order valence-electron chi connectivity index (χ1n) is 10.1. The molecule has 0 bridgehead atoms. The van der Waals surface area contributed by atoms with Crippen molar-refractivity contribution in [2.75, 3.05) is 26.3 Å². The van der Waals surface area contributed by atoms with Crippen molar-refractivity contribution in [1.82, 2.24) is 4.90 Å². The number of carbonyl (C=O) groups is 2. The summed E-state index contributed by atoms with van der Waals surface area (Å²) < 4.78 is 16.7. The summed E-state index contributed by atoms with van der Waals surface area (Å²) in [5, 5.41) is 0.591. The second-order valence-corrected chi connectivity index (χ2v) is 8.91. The van der Waals surface area contributed by atoms with E-state index in [-0.39, 0.29) is 18.6 Å². The number of esters is 1. The Balaban J connectivity index is 2.25. The fourth-order valence-corrected chi connectivity index (χ4v) is 3.76. The number of benzene rings is 1. The van der Waals surface area contributed by atoms with Crippen LogP contribution in [0.2, 0.25) is 5.02 Å². The van der Waals surface area contributed by atoms with Crippen molar-refractivity contribution in [3.05, 3.63) is 34.9 Å². The molecule has 7 heteroatoms. The molecule has 6 nitrogen and oxygen atoms in total. The van der Waals surface area contributed by atoms with E-state index in [0.29, 0.717) is 24.7 Å². The molecule has 0 aromatic heterocycles. The molecule has 1 aliphatic heterocycles. The molecule has 29 heavy (non-hydrogen) atoms. The van der Waals surface area contributed by atoms with Gasteiger partial charge in [-0.3, -0.25) is 0 Å². The van der Waals surface area contributed by atoms with Crippen LogP contribution in [-0.2, 0) is 24.6 Å². The zero-order chi connectivity index (χ0) is 21.7. The summed E-state index contributed by atoms with van der Waals surface area (Å²) in [6.45, 7) is 10.5. The van der Waals surface area contributed by atoms with Crippen LogP contribution in [-0.4, -0.2) is 48.9 Å². The second-order valence-electron chi connectivity index (χ2n) is 8.48. The van der Waals surface area contributed by atoms with Crippen molar-refractivity contribution in [2.45, 2.75) is 58.7 Å². The third kappa shape index (κ3) is 6.61. The summed E-state index contributed by atoms with van der Waals surface area (Å²) >= 11 is 6.22. The number of likely N-dealkylation sites (tertiary alicyclic amines) is 1. The molecular weight excluding hydrogens is 394 g/mol. The molecule has 1 saturated heterocycles. The Hall–Kier alpha value is -1.79. The van der Waals surface area contributed by atoms with Crippen molar-refractivity contribution in [1.29, 1.82) is 0 Å². The highest BCUT2D eigenvalue weighted by Crippen LogP contribution is 2.39. The van der Waals surface area contributed by atoms with Crippen molar-refractivity contribution >= 4 is 23.7 Å². The summed E-state index contributed by atoms with van der Waals surface area (Å²) in [4.78, 5) is 26.3. The van der Waals surface area contributed by atoms with Crippen LogP contribution < -0.4 is 0 Å². The molecule has 0 aliphatic carbocycles. The van der Waals surface area contributed by atoms with Crippen molar-refractivity contribution in [2.24, 2.45) is 5.92 Å². The molecular formula is C22H32ClNO5. The highest BCUT2D eigenvalue weighted by atomic mass is 35.5. The number of amides is 1. The van der Waals surface area contributed by atoms with Crippen LogP contribution in [0.25, 0.3) is 0 Å². The Morgan fingerprint density at radius 3 is 2.59 bits per heavy atom. The average Bonchev–Trinajstić information content (AvgIpc) is 2.65. The highest BCUT2D eigenvalue weighted by Gasteiger charge is 2.41. The number of hydrogen-bond donors (Lipinski definition) is 0. The molecule has 1 aromatic carbocycles. The number of nitrogens with zero attached hydrogens (tertiary/aromatic N) is 1. The lowest BCUT2D eigenvalue weighted by Crippen LogP contribution is -2.49. The smallest absolute Gasteiger partial charge is 0.410 e. The number of halogens is 1. The number of hydrogen-bond acceptors (Lipinski definition) is 5. The van der Waals surface area contributed by atoms with Gasteiger partial charge in [-0.15, -0.1) is 0 Å². The van der Waals surface area contributed by atoms with Gasteiger partial charge in [0.05, 0.1) is 12.2 Å². The lowest BCUT2D eigenvalue weighted by atomic mass is 9.78. The maximum atomic E-state index is 12.6. The van der Waals surface area contributed by atoms with Crippen molar-refractivity contribution in [3.63, 3.8) is 0 Å². The normalized spacial score (nSPS) is 19.4. The summed E-state index contributed by atoms with van der Waals surface area (Å²) in [6.07, 6.45) is 1.34. The number of rotatable bonds is 6. The van der Waals surface area contributed by atoms with Crippen molar-refractivity contribution in [3.8, 4) is 0 Å². The molecule has 0 radical (unpaired) electrons. The van der Waals surface area contributed by atoms with Crippen LogP contribution in [0.15, 0.2) is 24.3 Å². The Kier molecular flexibility index (Phi) is 7.94. The lowest BCUT2D eigenvalue weighted by molar-refractivity contribution is -0.162. The van der Waals surface area contributed by atoms with Gasteiger partial charge in [-0.1, -0.05) is 23.7 Å². The average molecular weight is 426 g/mol. The van der Waals surface area contributed by atoms with Crippen LogP contribution in [0.5, 0.6) is 0 Å². The second kappa shape index (κ2) is 9.81. The molecule has 1 fully saturated rings. The van der Waals surface area contributed by atoms with E-state index < -0.39 is 17.2 Å². The first-order valence-corrected chi connectivity index (χ1v) is 10.5. The zero-order valence-corrected chi connectivity index (χ0v) is 18.8. The predicted molar refractivity (Wildman–Crippen MR) is 112 cm³/mol. The molecule has 1 aromatic rings. The van der Waals surface area contributed by atoms with Crippen LogP contribution in [0.1, 0.15) is 53.0 Å². The number of carbonyl (C=O) groups excluding carboxylic acids is 2. The van der Waals surface area contributed by atoms with Gasteiger partial charge in [0.1, 0.15) is 12.2 Å². The molecule has 0 saturated carbocycles. The number of ether oxygens (including phenoxy) is 3. The van der Waals surface area contributed by atoms with E-state index in [9.17, 15) is 9.59 Å². The van der Waals surface area contributed by atoms with E-state index in [1.165, 1.54) is 0 Å². The first kappa shape index (κ1) is 23.5. The number of piperidine rings is 1. The van der Waals surface area contributed by atoms with Gasteiger partial charge < -0.3 is 19.1 Å². The topological polar surface area (TPSA) is 65.1 Å². The van der Waals surface area contributed by atoms with E-state index in [1.54, 1.807) is 17.9 Å². The van der Waals surface area contributed by atoms with E-state index in [1.807, 2.05) is 45.9 Å². The molecule has 1 aliphatic rings. The van der Waals surface area contributed by atoms with Crippen LogP contribution >= 0.6 is 11.6 Å². The fourth-order valence-electron chi connectivity index (χ4n) is 3.56. The summed E-state index contributed by atoms with van der Waals surface area (Å²) in [5.74, 6) is -0.447. The van der Waals surface area contributed by atoms with E-state index in [2.05, 4.69) is 0 Å². The monoisotopic (exact) mass is 425 g/mol. The minimum absolute atomic E-state index is 0.0309. The van der Waals surface area contributed by atoms with Gasteiger partial charge in [0, 0.05) is 24.0 Å². The van der Waals surface area contributed by atoms with E-state index in [4.69, 9.17) is 25.8 Å². The fraction of sp³-hybridized carbons (Fsp3) is 0.636. The summed E-state index contributed by atoms with van der Waals surface area (Å²) in [7, 11) is 0. The molecule has 2 rings (SSSR count). The van der Waals surface area contributed by atoms with E-state index in [0.717, 1.165) is 18.4 Å².